The van der Waals surface area contributed by atoms with Gasteiger partial charge in [-0.15, -0.1) is 0 Å². The van der Waals surface area contributed by atoms with Gasteiger partial charge in [-0.05, 0) is 42.3 Å². The van der Waals surface area contributed by atoms with Gasteiger partial charge in [-0.1, -0.05) is 18.2 Å². The fourth-order valence-electron chi connectivity index (χ4n) is 1.67. The molecule has 0 saturated heterocycles. The Morgan fingerprint density at radius 3 is 2.53 bits per heavy atom. The van der Waals surface area contributed by atoms with Gasteiger partial charge in [-0.2, -0.15) is 0 Å². The Balaban J connectivity index is 2.01. The van der Waals surface area contributed by atoms with Crippen LogP contribution in [0.3, 0.4) is 0 Å². The van der Waals surface area contributed by atoms with Gasteiger partial charge in [0.1, 0.15) is 5.82 Å². The number of benzene rings is 2. The van der Waals surface area contributed by atoms with Crippen LogP contribution in [0.2, 0.25) is 0 Å². The van der Waals surface area contributed by atoms with Crippen LogP contribution in [0, 0.1) is 12.7 Å². The Morgan fingerprint density at radius 2 is 1.89 bits per heavy atom. The highest BCUT2D eigenvalue weighted by atomic mass is 19.1. The van der Waals surface area contributed by atoms with Gasteiger partial charge in [0.05, 0.1) is 0 Å². The van der Waals surface area contributed by atoms with Crippen molar-refractivity contribution in [3.8, 4) is 0 Å². The number of hydrogen-bond acceptors (Lipinski definition) is 2. The lowest BCUT2D eigenvalue weighted by atomic mass is 10.1. The van der Waals surface area contributed by atoms with Gasteiger partial charge >= 0.3 is 0 Å². The summed E-state index contributed by atoms with van der Waals surface area (Å²) in [6, 6.07) is 11.2. The molecule has 0 aliphatic heterocycles. The molecular formula is C15H15FN2O. The van der Waals surface area contributed by atoms with Crippen molar-refractivity contribution in [3.63, 3.8) is 0 Å². The number of rotatable bonds is 3. The van der Waals surface area contributed by atoms with Crippen molar-refractivity contribution in [2.24, 2.45) is 0 Å². The maximum atomic E-state index is 12.7. The van der Waals surface area contributed by atoms with Gasteiger partial charge in [-0.3, -0.25) is 4.79 Å². The van der Waals surface area contributed by atoms with E-state index >= 15 is 0 Å². The number of halogens is 1. The van der Waals surface area contributed by atoms with Gasteiger partial charge in [0.15, 0.2) is 0 Å². The summed E-state index contributed by atoms with van der Waals surface area (Å²) in [7, 11) is 0. The van der Waals surface area contributed by atoms with Crippen molar-refractivity contribution in [2.75, 3.05) is 5.73 Å². The number of anilines is 1. The fourth-order valence-corrected chi connectivity index (χ4v) is 1.67. The molecule has 0 atom stereocenters. The van der Waals surface area contributed by atoms with Crippen LogP contribution in [-0.2, 0) is 6.54 Å². The summed E-state index contributed by atoms with van der Waals surface area (Å²) in [5.41, 5.74) is 8.65. The lowest BCUT2D eigenvalue weighted by molar-refractivity contribution is 0.0951. The molecule has 19 heavy (non-hydrogen) atoms. The zero-order valence-corrected chi connectivity index (χ0v) is 10.6. The number of carbonyl (C=O) groups is 1. The smallest absolute Gasteiger partial charge is 0.251 e. The second kappa shape index (κ2) is 5.52. The average Bonchev–Trinajstić information content (AvgIpc) is 2.41. The van der Waals surface area contributed by atoms with Gasteiger partial charge in [-0.25, -0.2) is 4.39 Å². The van der Waals surface area contributed by atoms with Crippen molar-refractivity contribution < 1.29 is 9.18 Å². The molecule has 3 nitrogen and oxygen atoms in total. The molecule has 0 unspecified atom stereocenters. The van der Waals surface area contributed by atoms with Crippen LogP contribution >= 0.6 is 0 Å². The first-order valence-electron chi connectivity index (χ1n) is 5.95. The minimum Gasteiger partial charge on any atom is -0.398 e. The Morgan fingerprint density at radius 1 is 1.21 bits per heavy atom. The monoisotopic (exact) mass is 258 g/mol. The Hall–Kier alpha value is -2.36. The molecule has 0 radical (unpaired) electrons. The van der Waals surface area contributed by atoms with E-state index in [0.717, 1.165) is 11.1 Å². The molecule has 98 valence electrons. The van der Waals surface area contributed by atoms with E-state index in [4.69, 9.17) is 5.73 Å². The third kappa shape index (κ3) is 3.31. The maximum absolute atomic E-state index is 12.7. The second-order valence-corrected chi connectivity index (χ2v) is 4.38. The van der Waals surface area contributed by atoms with Crippen LogP contribution in [0.4, 0.5) is 10.1 Å². The van der Waals surface area contributed by atoms with E-state index in [1.54, 1.807) is 24.3 Å². The van der Waals surface area contributed by atoms with E-state index < -0.39 is 0 Å². The number of amides is 1. The minimum absolute atomic E-state index is 0.198. The zero-order chi connectivity index (χ0) is 13.8. The predicted octanol–water partition coefficient (Wildman–Crippen LogP) is 2.65. The molecule has 0 saturated carbocycles. The van der Waals surface area contributed by atoms with Crippen molar-refractivity contribution in [2.45, 2.75) is 13.5 Å². The molecule has 0 fully saturated rings. The van der Waals surface area contributed by atoms with E-state index in [1.807, 2.05) is 13.0 Å². The number of hydrogen-bond donors (Lipinski definition) is 2. The van der Waals surface area contributed by atoms with E-state index in [0.29, 0.717) is 17.8 Å². The molecule has 0 aliphatic rings. The summed E-state index contributed by atoms with van der Waals surface area (Å²) < 4.78 is 12.7. The number of nitrogen functional groups attached to an aromatic ring is 1. The predicted molar refractivity (Wildman–Crippen MR) is 73.2 cm³/mol. The highest BCUT2D eigenvalue weighted by Crippen LogP contribution is 2.13. The molecular weight excluding hydrogens is 243 g/mol. The molecule has 2 aromatic carbocycles. The molecule has 0 aliphatic carbocycles. The summed E-state index contributed by atoms with van der Waals surface area (Å²) >= 11 is 0. The summed E-state index contributed by atoms with van der Waals surface area (Å²) in [5, 5.41) is 2.76. The molecule has 0 spiro atoms. The van der Waals surface area contributed by atoms with E-state index in [1.165, 1.54) is 12.1 Å². The summed E-state index contributed by atoms with van der Waals surface area (Å²) in [6.07, 6.45) is 0. The van der Waals surface area contributed by atoms with Crippen molar-refractivity contribution in [1.82, 2.24) is 5.32 Å². The van der Waals surface area contributed by atoms with Gasteiger partial charge < -0.3 is 11.1 Å². The third-order valence-electron chi connectivity index (χ3n) is 2.91. The molecule has 4 heteroatoms. The maximum Gasteiger partial charge on any atom is 0.251 e. The number of carbonyl (C=O) groups excluding carboxylic acids is 1. The Kier molecular flexibility index (Phi) is 3.80. The van der Waals surface area contributed by atoms with Crippen LogP contribution in [0.5, 0.6) is 0 Å². The molecule has 0 aromatic heterocycles. The normalized spacial score (nSPS) is 10.2. The number of nitrogens with two attached hydrogens (primary N) is 1. The first-order chi connectivity index (χ1) is 9.06. The van der Waals surface area contributed by atoms with Gasteiger partial charge in [0, 0.05) is 17.8 Å². The number of aryl methyl sites for hydroxylation is 1. The molecule has 0 heterocycles. The summed E-state index contributed by atoms with van der Waals surface area (Å²) in [4.78, 5) is 11.9. The quantitative estimate of drug-likeness (QED) is 0.831. The lowest BCUT2D eigenvalue weighted by Crippen LogP contribution is -2.22. The van der Waals surface area contributed by atoms with Gasteiger partial charge in [0.25, 0.3) is 5.91 Å². The Bertz CT molecular complexity index is 594. The first kappa shape index (κ1) is 13.1. The molecule has 3 N–H and O–H groups in total. The largest absolute Gasteiger partial charge is 0.398 e. The topological polar surface area (TPSA) is 55.1 Å². The van der Waals surface area contributed by atoms with Crippen LogP contribution in [-0.4, -0.2) is 5.91 Å². The van der Waals surface area contributed by atoms with Crippen LogP contribution in [0.15, 0.2) is 42.5 Å². The van der Waals surface area contributed by atoms with Crippen LogP contribution < -0.4 is 11.1 Å². The van der Waals surface area contributed by atoms with E-state index in [-0.39, 0.29) is 11.7 Å². The van der Waals surface area contributed by atoms with Crippen LogP contribution in [0.25, 0.3) is 0 Å². The van der Waals surface area contributed by atoms with Crippen molar-refractivity contribution in [1.29, 1.82) is 0 Å². The fraction of sp³-hybridized carbons (Fsp3) is 0.133. The van der Waals surface area contributed by atoms with Crippen LogP contribution in [0.1, 0.15) is 21.5 Å². The summed E-state index contributed by atoms with van der Waals surface area (Å²) in [6.45, 7) is 2.24. The van der Waals surface area contributed by atoms with Crippen molar-refractivity contribution in [3.05, 3.63) is 65.0 Å². The first-order valence-corrected chi connectivity index (χ1v) is 5.95. The SMILES string of the molecule is Cc1ccc(C(=O)NCc2ccc(F)cc2)cc1N. The zero-order valence-electron chi connectivity index (χ0n) is 10.6. The van der Waals surface area contributed by atoms with Crippen molar-refractivity contribution >= 4 is 11.6 Å². The minimum atomic E-state index is -0.290. The highest BCUT2D eigenvalue weighted by molar-refractivity contribution is 5.95. The Labute approximate surface area is 111 Å². The summed E-state index contributed by atoms with van der Waals surface area (Å²) in [5.74, 6) is -0.489. The van der Waals surface area contributed by atoms with Gasteiger partial charge in [0.2, 0.25) is 0 Å². The lowest BCUT2D eigenvalue weighted by Gasteiger charge is -2.07. The molecule has 2 rings (SSSR count). The van der Waals surface area contributed by atoms with E-state index in [2.05, 4.69) is 5.32 Å². The highest BCUT2D eigenvalue weighted by Gasteiger charge is 2.06. The molecule has 0 bridgehead atoms. The third-order valence-corrected chi connectivity index (χ3v) is 2.91. The number of nitrogens with one attached hydrogen (secondary N) is 1. The molecule has 1 amide bonds. The second-order valence-electron chi connectivity index (χ2n) is 4.38. The average molecular weight is 258 g/mol. The molecule has 2 aromatic rings. The van der Waals surface area contributed by atoms with E-state index in [9.17, 15) is 9.18 Å². The standard InChI is InChI=1S/C15H15FN2O/c1-10-2-5-12(8-14(10)17)15(19)18-9-11-3-6-13(16)7-4-11/h2-8H,9,17H2,1H3,(H,18,19).